The van der Waals surface area contributed by atoms with Crippen LogP contribution in [0, 0.1) is 0 Å². The normalized spacial score (nSPS) is 25.9. The molecule has 0 radical (unpaired) electrons. The van der Waals surface area contributed by atoms with Crippen LogP contribution in [0.4, 0.5) is 0 Å². The molecular weight excluding hydrogens is 306 g/mol. The van der Waals surface area contributed by atoms with E-state index in [2.05, 4.69) is 73.4 Å². The zero-order chi connectivity index (χ0) is 14.0. The molecule has 0 aromatic rings. The van der Waals surface area contributed by atoms with E-state index in [0.717, 1.165) is 13.2 Å². The number of hydrogen-bond acceptors (Lipinski definition) is 2. The molecule has 4 heteroatoms. The molecule has 0 fully saturated rings. The number of alkyl halides is 1. The molecule has 1 rings (SSSR count). The molecule has 18 heavy (non-hydrogen) atoms. The molecule has 1 heterocycles. The van der Waals surface area contributed by atoms with Crippen molar-refractivity contribution in [1.29, 1.82) is 0 Å². The molecule has 0 amide bonds. The van der Waals surface area contributed by atoms with Crippen molar-refractivity contribution in [2.45, 2.75) is 63.0 Å². The van der Waals surface area contributed by atoms with E-state index in [1.165, 1.54) is 6.04 Å². The summed E-state index contributed by atoms with van der Waals surface area (Å²) in [6, 6.07) is 1.65. The summed E-state index contributed by atoms with van der Waals surface area (Å²) in [5.74, 6) is 0. The second-order valence-corrected chi connectivity index (χ2v) is 13.8. The Labute approximate surface area is 122 Å². The van der Waals surface area contributed by atoms with Crippen LogP contribution < -0.4 is 0 Å². The molecule has 2 unspecified atom stereocenters. The van der Waals surface area contributed by atoms with E-state index in [0.29, 0.717) is 11.0 Å². The second-order valence-electron chi connectivity index (χ2n) is 7.29. The number of hydrogen-bond donors (Lipinski definition) is 0. The van der Waals surface area contributed by atoms with Crippen molar-refractivity contribution in [2.75, 3.05) is 13.2 Å². The van der Waals surface area contributed by atoms with Gasteiger partial charge in [0.15, 0.2) is 0 Å². The lowest BCUT2D eigenvalue weighted by Crippen LogP contribution is -2.49. The Hall–Kier alpha value is 0.357. The van der Waals surface area contributed by atoms with Crippen molar-refractivity contribution in [3.8, 4) is 0 Å². The van der Waals surface area contributed by atoms with Gasteiger partial charge in [0, 0.05) is 20.2 Å². The van der Waals surface area contributed by atoms with E-state index >= 15 is 0 Å². The first-order chi connectivity index (χ1) is 8.11. The van der Waals surface area contributed by atoms with Gasteiger partial charge >= 0.3 is 0 Å². The highest BCUT2D eigenvalue weighted by Crippen LogP contribution is 2.30. The van der Waals surface area contributed by atoms with Gasteiger partial charge in [0.05, 0.1) is 17.6 Å². The lowest BCUT2D eigenvalue weighted by atomic mass is 10.1. The zero-order valence-electron chi connectivity index (χ0n) is 12.7. The average molecular weight is 334 g/mol. The van der Waals surface area contributed by atoms with Crippen LogP contribution in [0.1, 0.15) is 20.8 Å². The number of nitrogens with zero attached hydrogens (tertiary/aromatic N) is 1. The van der Waals surface area contributed by atoms with Gasteiger partial charge in [-0.25, -0.2) is 0 Å². The van der Waals surface area contributed by atoms with Crippen LogP contribution >= 0.6 is 15.9 Å². The number of rotatable bonds is 5. The third kappa shape index (κ3) is 5.15. The van der Waals surface area contributed by atoms with E-state index in [-0.39, 0.29) is 5.54 Å². The second kappa shape index (κ2) is 6.20. The van der Waals surface area contributed by atoms with Gasteiger partial charge in [-0.2, -0.15) is 0 Å². The van der Waals surface area contributed by atoms with Gasteiger partial charge in [-0.15, -0.1) is 0 Å². The van der Waals surface area contributed by atoms with Crippen molar-refractivity contribution in [1.82, 2.24) is 4.90 Å². The van der Waals surface area contributed by atoms with Gasteiger partial charge < -0.3 is 4.74 Å². The summed E-state index contributed by atoms with van der Waals surface area (Å²) < 4.78 is 5.89. The Kier molecular flexibility index (Phi) is 5.66. The lowest BCUT2D eigenvalue weighted by molar-refractivity contribution is 0.0488. The van der Waals surface area contributed by atoms with E-state index in [9.17, 15) is 0 Å². The molecule has 0 N–H and O–H groups in total. The average Bonchev–Trinajstić information content (AvgIpc) is 2.52. The third-order valence-corrected chi connectivity index (χ3v) is 5.63. The van der Waals surface area contributed by atoms with Crippen LogP contribution in [0.15, 0.2) is 12.2 Å². The van der Waals surface area contributed by atoms with Gasteiger partial charge in [-0.1, -0.05) is 47.7 Å². The Morgan fingerprint density at radius 2 is 1.83 bits per heavy atom. The van der Waals surface area contributed by atoms with E-state index in [4.69, 9.17) is 4.74 Å². The Morgan fingerprint density at radius 1 is 1.22 bits per heavy atom. The predicted octanol–water partition coefficient (Wildman–Crippen LogP) is 4.10. The molecule has 0 aromatic heterocycles. The van der Waals surface area contributed by atoms with Crippen LogP contribution in [-0.2, 0) is 4.74 Å². The Morgan fingerprint density at radius 3 is 2.33 bits per heavy atom. The number of ether oxygens (including phenoxy) is 1. The maximum atomic E-state index is 5.89. The van der Waals surface area contributed by atoms with Crippen LogP contribution in [0.2, 0.25) is 25.7 Å². The van der Waals surface area contributed by atoms with Crippen molar-refractivity contribution in [3.05, 3.63) is 12.2 Å². The maximum Gasteiger partial charge on any atom is 0.0851 e. The first kappa shape index (κ1) is 16.4. The van der Waals surface area contributed by atoms with Crippen LogP contribution in [0.3, 0.4) is 0 Å². The highest BCUT2D eigenvalue weighted by molar-refractivity contribution is 9.09. The summed E-state index contributed by atoms with van der Waals surface area (Å²) in [5.41, 5.74) is 0.157. The monoisotopic (exact) mass is 333 g/mol. The molecule has 1 aliphatic heterocycles. The van der Waals surface area contributed by atoms with Crippen molar-refractivity contribution >= 4 is 24.0 Å². The first-order valence-corrected chi connectivity index (χ1v) is 11.4. The minimum atomic E-state index is -0.967. The van der Waals surface area contributed by atoms with Crippen molar-refractivity contribution in [2.24, 2.45) is 0 Å². The minimum absolute atomic E-state index is 0.157. The van der Waals surface area contributed by atoms with Gasteiger partial charge in [-0.3, -0.25) is 4.90 Å². The molecule has 0 spiro atoms. The zero-order valence-corrected chi connectivity index (χ0v) is 15.3. The molecule has 0 bridgehead atoms. The molecule has 1 aliphatic rings. The predicted molar refractivity (Wildman–Crippen MR) is 86.2 cm³/mol. The van der Waals surface area contributed by atoms with E-state index in [1.807, 2.05) is 0 Å². The molecule has 0 aromatic carbocycles. The van der Waals surface area contributed by atoms with Crippen LogP contribution in [-0.4, -0.2) is 42.7 Å². The summed E-state index contributed by atoms with van der Waals surface area (Å²) in [7, 11) is -0.967. The molecule has 106 valence electrons. The minimum Gasteiger partial charge on any atom is -0.380 e. The summed E-state index contributed by atoms with van der Waals surface area (Å²) >= 11 is 3.71. The number of halogens is 1. The van der Waals surface area contributed by atoms with E-state index in [1.54, 1.807) is 0 Å². The summed E-state index contributed by atoms with van der Waals surface area (Å²) in [6.07, 6.45) is 4.48. The molecule has 0 saturated carbocycles. The fourth-order valence-electron chi connectivity index (χ4n) is 2.17. The van der Waals surface area contributed by atoms with Gasteiger partial charge in [-0.05, 0) is 26.8 Å². The van der Waals surface area contributed by atoms with Crippen molar-refractivity contribution < 1.29 is 4.74 Å². The molecule has 0 aliphatic carbocycles. The molecule has 2 nitrogen and oxygen atoms in total. The molecule has 2 atom stereocenters. The smallest absolute Gasteiger partial charge is 0.0851 e. The van der Waals surface area contributed by atoms with Gasteiger partial charge in [0.2, 0.25) is 0 Å². The van der Waals surface area contributed by atoms with Crippen LogP contribution in [0.25, 0.3) is 0 Å². The topological polar surface area (TPSA) is 12.5 Å². The molecule has 0 saturated heterocycles. The summed E-state index contributed by atoms with van der Waals surface area (Å²) in [5, 5.41) is 0. The molecular formula is C14H28BrNOSi. The Bertz CT molecular complexity index is 293. The summed E-state index contributed by atoms with van der Waals surface area (Å²) in [6.45, 7) is 15.6. The fourth-order valence-corrected chi connectivity index (χ4v) is 4.02. The van der Waals surface area contributed by atoms with E-state index < -0.39 is 8.07 Å². The highest BCUT2D eigenvalue weighted by atomic mass is 79.9. The van der Waals surface area contributed by atoms with Crippen molar-refractivity contribution in [3.63, 3.8) is 0 Å². The van der Waals surface area contributed by atoms with Crippen LogP contribution in [0.5, 0.6) is 0 Å². The lowest BCUT2D eigenvalue weighted by Gasteiger charge is -2.39. The Balaban J connectivity index is 2.40. The SMILES string of the molecule is CC(C)(C)N1C(Br)C=CC1COCC[Si](C)(C)C. The summed E-state index contributed by atoms with van der Waals surface area (Å²) in [4.78, 5) is 2.80. The third-order valence-electron chi connectivity index (χ3n) is 3.17. The van der Waals surface area contributed by atoms with Gasteiger partial charge in [0.1, 0.15) is 0 Å². The largest absolute Gasteiger partial charge is 0.380 e. The quantitative estimate of drug-likeness (QED) is 0.247. The fraction of sp³-hybridized carbons (Fsp3) is 0.857. The first-order valence-electron chi connectivity index (χ1n) is 6.80. The maximum absolute atomic E-state index is 5.89. The highest BCUT2D eigenvalue weighted by Gasteiger charge is 2.35. The standard InChI is InChI=1S/C14H28BrNOSi/c1-14(2,3)16-12(7-8-13(16)15)11-17-9-10-18(4,5)6/h7-8,12-13H,9-11H2,1-6H3. The van der Waals surface area contributed by atoms with Gasteiger partial charge in [0.25, 0.3) is 0 Å².